The van der Waals surface area contributed by atoms with E-state index in [0.717, 1.165) is 12.0 Å². The van der Waals surface area contributed by atoms with Gasteiger partial charge in [-0.05, 0) is 17.5 Å². The molecule has 0 radical (unpaired) electrons. The summed E-state index contributed by atoms with van der Waals surface area (Å²) in [4.78, 5) is 18.8. The number of nitrogens with one attached hydrogen (secondary N) is 1. The molecule has 0 aliphatic rings. The van der Waals surface area contributed by atoms with E-state index < -0.39 is 0 Å². The fourth-order valence-corrected chi connectivity index (χ4v) is 2.01. The Morgan fingerprint density at radius 2 is 2.06 bits per heavy atom. The summed E-state index contributed by atoms with van der Waals surface area (Å²) in [6, 6.07) is 8.05. The molecule has 90 valence electrons. The van der Waals surface area contributed by atoms with E-state index in [2.05, 4.69) is 16.9 Å². The van der Waals surface area contributed by atoms with E-state index in [1.165, 1.54) is 5.56 Å². The number of nitrogens with zero attached hydrogens (tertiary/aromatic N) is 2. The van der Waals surface area contributed by atoms with Crippen molar-refractivity contribution in [1.82, 2.24) is 14.4 Å². The third kappa shape index (κ3) is 1.72. The number of hydrogen-bond donors (Lipinski definition) is 1. The molecule has 0 fully saturated rings. The monoisotopic (exact) mass is 239 g/mol. The van der Waals surface area contributed by atoms with E-state index in [1.54, 1.807) is 6.20 Å². The summed E-state index contributed by atoms with van der Waals surface area (Å²) >= 11 is 0. The molecule has 3 aromatic rings. The van der Waals surface area contributed by atoms with Crippen LogP contribution in [-0.4, -0.2) is 14.4 Å². The summed E-state index contributed by atoms with van der Waals surface area (Å²) in [5.74, 6) is 0.564. The van der Waals surface area contributed by atoms with Crippen molar-refractivity contribution in [2.75, 3.05) is 0 Å². The number of aromatic nitrogens is 3. The predicted octanol–water partition coefficient (Wildman–Crippen LogP) is 2.25. The third-order valence-electron chi connectivity index (χ3n) is 3.08. The van der Waals surface area contributed by atoms with Crippen molar-refractivity contribution in [2.45, 2.75) is 13.3 Å². The Balaban J connectivity index is 2.17. The van der Waals surface area contributed by atoms with Gasteiger partial charge in [-0.2, -0.15) is 0 Å². The minimum atomic E-state index is -0.113. The zero-order chi connectivity index (χ0) is 12.5. The quantitative estimate of drug-likeness (QED) is 0.745. The van der Waals surface area contributed by atoms with Gasteiger partial charge < -0.3 is 0 Å². The van der Waals surface area contributed by atoms with E-state index in [-0.39, 0.29) is 5.56 Å². The zero-order valence-corrected chi connectivity index (χ0v) is 10.1. The predicted molar refractivity (Wildman–Crippen MR) is 70.6 cm³/mol. The number of aryl methyl sites for hydroxylation is 1. The van der Waals surface area contributed by atoms with Gasteiger partial charge in [-0.25, -0.2) is 4.98 Å². The van der Waals surface area contributed by atoms with Crippen LogP contribution in [0.25, 0.3) is 16.9 Å². The first-order chi connectivity index (χ1) is 8.78. The number of aromatic amines is 1. The van der Waals surface area contributed by atoms with Crippen LogP contribution in [0.4, 0.5) is 0 Å². The number of hydrogen-bond acceptors (Lipinski definition) is 2. The molecule has 0 aliphatic carbocycles. The number of imidazole rings is 1. The Bertz CT molecular complexity index is 738. The van der Waals surface area contributed by atoms with Crippen LogP contribution in [-0.2, 0) is 6.42 Å². The molecular formula is C14H13N3O. The van der Waals surface area contributed by atoms with Gasteiger partial charge in [0.1, 0.15) is 0 Å². The van der Waals surface area contributed by atoms with Gasteiger partial charge in [0.2, 0.25) is 5.78 Å². The lowest BCUT2D eigenvalue weighted by atomic mass is 10.1. The molecule has 4 heteroatoms. The van der Waals surface area contributed by atoms with Crippen molar-refractivity contribution >= 4 is 5.78 Å². The van der Waals surface area contributed by atoms with Crippen molar-refractivity contribution in [1.29, 1.82) is 0 Å². The molecule has 1 N–H and O–H groups in total. The molecule has 1 aromatic carbocycles. The first-order valence-corrected chi connectivity index (χ1v) is 5.93. The van der Waals surface area contributed by atoms with Gasteiger partial charge in [-0.1, -0.05) is 31.2 Å². The Morgan fingerprint density at radius 3 is 2.78 bits per heavy atom. The van der Waals surface area contributed by atoms with E-state index in [4.69, 9.17) is 0 Å². The van der Waals surface area contributed by atoms with Crippen molar-refractivity contribution in [3.8, 4) is 11.1 Å². The molecular weight excluding hydrogens is 226 g/mol. The molecule has 0 saturated carbocycles. The summed E-state index contributed by atoms with van der Waals surface area (Å²) in [5.41, 5.74) is 2.73. The molecule has 0 amide bonds. The van der Waals surface area contributed by atoms with Crippen molar-refractivity contribution in [3.05, 3.63) is 58.8 Å². The Kier molecular flexibility index (Phi) is 2.48. The van der Waals surface area contributed by atoms with Crippen LogP contribution in [0.15, 0.2) is 47.7 Å². The molecule has 0 spiro atoms. The van der Waals surface area contributed by atoms with Crippen LogP contribution in [0, 0.1) is 0 Å². The number of rotatable bonds is 2. The normalized spacial score (nSPS) is 10.9. The second kappa shape index (κ2) is 4.14. The van der Waals surface area contributed by atoms with E-state index >= 15 is 0 Å². The topological polar surface area (TPSA) is 50.2 Å². The largest absolute Gasteiger partial charge is 0.292 e. The highest BCUT2D eigenvalue weighted by Crippen LogP contribution is 2.16. The molecule has 0 bridgehead atoms. The van der Waals surface area contributed by atoms with Gasteiger partial charge in [-0.15, -0.1) is 0 Å². The number of fused-ring (bicyclic) bond motifs is 1. The van der Waals surface area contributed by atoms with Crippen LogP contribution >= 0.6 is 0 Å². The highest BCUT2D eigenvalue weighted by Gasteiger charge is 2.05. The minimum absolute atomic E-state index is 0.113. The van der Waals surface area contributed by atoms with Crippen LogP contribution in [0.3, 0.4) is 0 Å². The van der Waals surface area contributed by atoms with Crippen molar-refractivity contribution < 1.29 is 0 Å². The highest BCUT2D eigenvalue weighted by molar-refractivity contribution is 5.62. The zero-order valence-electron chi connectivity index (χ0n) is 10.1. The summed E-state index contributed by atoms with van der Waals surface area (Å²) in [6.07, 6.45) is 6.28. The van der Waals surface area contributed by atoms with Gasteiger partial charge in [0.15, 0.2) is 0 Å². The van der Waals surface area contributed by atoms with E-state index in [0.29, 0.717) is 11.3 Å². The van der Waals surface area contributed by atoms with Crippen LogP contribution in [0.2, 0.25) is 0 Å². The van der Waals surface area contributed by atoms with E-state index in [1.807, 2.05) is 41.1 Å². The lowest BCUT2D eigenvalue weighted by Gasteiger charge is -2.03. The highest BCUT2D eigenvalue weighted by atomic mass is 16.1. The molecule has 0 unspecified atom stereocenters. The summed E-state index contributed by atoms with van der Waals surface area (Å²) in [5, 5.41) is 0. The first-order valence-electron chi connectivity index (χ1n) is 5.93. The molecule has 2 aromatic heterocycles. The average molecular weight is 239 g/mol. The number of benzene rings is 1. The maximum absolute atomic E-state index is 12.0. The summed E-state index contributed by atoms with van der Waals surface area (Å²) < 4.78 is 1.81. The fourth-order valence-electron chi connectivity index (χ4n) is 2.01. The molecule has 2 heterocycles. The van der Waals surface area contributed by atoms with Crippen molar-refractivity contribution in [3.63, 3.8) is 0 Å². The maximum atomic E-state index is 12.0. The summed E-state index contributed by atoms with van der Waals surface area (Å²) in [6.45, 7) is 2.11. The van der Waals surface area contributed by atoms with Gasteiger partial charge in [0.05, 0.1) is 5.56 Å². The van der Waals surface area contributed by atoms with E-state index in [9.17, 15) is 4.79 Å². The lowest BCUT2D eigenvalue weighted by molar-refractivity contribution is 1.08. The molecule has 0 aliphatic heterocycles. The number of H-pyrrole nitrogens is 1. The second-order valence-corrected chi connectivity index (χ2v) is 4.21. The third-order valence-corrected chi connectivity index (χ3v) is 3.08. The molecule has 0 saturated heterocycles. The van der Waals surface area contributed by atoms with Gasteiger partial charge in [0, 0.05) is 18.6 Å². The Morgan fingerprint density at radius 1 is 1.28 bits per heavy atom. The minimum Gasteiger partial charge on any atom is -0.292 e. The fraction of sp³-hybridized carbons (Fsp3) is 0.143. The summed E-state index contributed by atoms with van der Waals surface area (Å²) in [7, 11) is 0. The molecule has 18 heavy (non-hydrogen) atoms. The second-order valence-electron chi connectivity index (χ2n) is 4.21. The van der Waals surface area contributed by atoms with Gasteiger partial charge >= 0.3 is 0 Å². The molecule has 4 nitrogen and oxygen atoms in total. The van der Waals surface area contributed by atoms with Gasteiger partial charge in [-0.3, -0.25) is 14.2 Å². The van der Waals surface area contributed by atoms with Crippen LogP contribution < -0.4 is 5.56 Å². The molecule has 0 atom stereocenters. The maximum Gasteiger partial charge on any atom is 0.260 e. The Hall–Kier alpha value is -2.36. The Labute approximate surface area is 104 Å². The first kappa shape index (κ1) is 10.8. The smallest absolute Gasteiger partial charge is 0.260 e. The standard InChI is InChI=1S/C14H13N3O/c1-2-10-3-5-11(6-4-10)12-9-17-8-7-15-14(17)16-13(12)18/h3-9H,2H2,1H3,(H,15,16,18). The van der Waals surface area contributed by atoms with Crippen LogP contribution in [0.1, 0.15) is 12.5 Å². The average Bonchev–Trinajstić information content (AvgIpc) is 2.85. The van der Waals surface area contributed by atoms with Crippen LogP contribution in [0.5, 0.6) is 0 Å². The van der Waals surface area contributed by atoms with Crippen molar-refractivity contribution in [2.24, 2.45) is 0 Å². The van der Waals surface area contributed by atoms with Gasteiger partial charge in [0.25, 0.3) is 5.56 Å². The SMILES string of the molecule is CCc1ccc(-c2cn3ccnc3[nH]c2=O)cc1. The lowest BCUT2D eigenvalue weighted by Crippen LogP contribution is -2.11. The molecule has 3 rings (SSSR count).